The Morgan fingerprint density at radius 3 is 2.52 bits per heavy atom. The summed E-state index contributed by atoms with van der Waals surface area (Å²) in [6.07, 6.45) is 6.63. The van der Waals surface area contributed by atoms with Gasteiger partial charge >= 0.3 is 0 Å². The van der Waals surface area contributed by atoms with Crippen LogP contribution in [0.3, 0.4) is 0 Å². The van der Waals surface area contributed by atoms with Gasteiger partial charge in [-0.2, -0.15) is 0 Å². The number of carbonyl (C=O) groups is 1. The minimum Gasteiger partial charge on any atom is -0.508 e. The molecule has 1 unspecified atom stereocenters. The van der Waals surface area contributed by atoms with Gasteiger partial charge in [0.1, 0.15) is 11.5 Å². The molecule has 0 heterocycles. The molecule has 0 spiro atoms. The highest BCUT2D eigenvalue weighted by atomic mass is 16.3. The standard InChI is InChI=1S/C24H32N4O3/c1-3-7-16-13-19(17-10-11-22(29)18(15-17)8-4-2)23(30)21(14-16)27-28-24(31)20(26)9-5-6-12-25/h3-4,10-11,13-15,20,27,29-30H,1-2,5-9,12,25-26H2,(H,28,31). The number of allylic oxidation sites excluding steroid dienone is 2. The number of aromatic hydroxyl groups is 2. The molecule has 0 saturated heterocycles. The predicted octanol–water partition coefficient (Wildman–Crippen LogP) is 3.12. The van der Waals surface area contributed by atoms with E-state index in [0.717, 1.165) is 24.0 Å². The van der Waals surface area contributed by atoms with Crippen molar-refractivity contribution in [1.29, 1.82) is 0 Å². The third-order valence-corrected chi connectivity index (χ3v) is 4.93. The van der Waals surface area contributed by atoms with Crippen molar-refractivity contribution >= 4 is 11.6 Å². The predicted molar refractivity (Wildman–Crippen MR) is 126 cm³/mol. The molecule has 0 aliphatic heterocycles. The van der Waals surface area contributed by atoms with Crippen LogP contribution in [0.2, 0.25) is 0 Å². The van der Waals surface area contributed by atoms with Gasteiger partial charge in [0.05, 0.1) is 11.7 Å². The lowest BCUT2D eigenvalue weighted by molar-refractivity contribution is -0.122. The highest BCUT2D eigenvalue weighted by Crippen LogP contribution is 2.38. The smallest absolute Gasteiger partial charge is 0.255 e. The Morgan fingerprint density at radius 1 is 1.10 bits per heavy atom. The van der Waals surface area contributed by atoms with E-state index in [2.05, 4.69) is 24.0 Å². The Balaban J connectivity index is 2.30. The molecule has 1 amide bonds. The molecule has 7 nitrogen and oxygen atoms in total. The van der Waals surface area contributed by atoms with E-state index in [0.29, 0.717) is 42.6 Å². The van der Waals surface area contributed by atoms with E-state index in [4.69, 9.17) is 11.5 Å². The number of benzene rings is 2. The Kier molecular flexibility index (Phi) is 9.12. The van der Waals surface area contributed by atoms with Crippen molar-refractivity contribution in [3.05, 3.63) is 66.8 Å². The quantitative estimate of drug-likeness (QED) is 0.134. The maximum atomic E-state index is 12.3. The Morgan fingerprint density at radius 2 is 1.84 bits per heavy atom. The fourth-order valence-electron chi connectivity index (χ4n) is 3.23. The molecule has 2 rings (SSSR count). The molecule has 7 heteroatoms. The van der Waals surface area contributed by atoms with Crippen LogP contribution in [0.15, 0.2) is 55.6 Å². The lowest BCUT2D eigenvalue weighted by Crippen LogP contribution is -2.43. The zero-order chi connectivity index (χ0) is 22.8. The van der Waals surface area contributed by atoms with Crippen molar-refractivity contribution in [1.82, 2.24) is 5.43 Å². The molecule has 2 aromatic carbocycles. The van der Waals surface area contributed by atoms with E-state index >= 15 is 0 Å². The number of hydrazine groups is 1. The van der Waals surface area contributed by atoms with Crippen molar-refractivity contribution in [2.45, 2.75) is 38.1 Å². The highest BCUT2D eigenvalue weighted by Gasteiger charge is 2.16. The molecule has 2 aromatic rings. The topological polar surface area (TPSA) is 134 Å². The number of carbonyl (C=O) groups excluding carboxylic acids is 1. The molecule has 0 aromatic heterocycles. The molecule has 31 heavy (non-hydrogen) atoms. The second kappa shape index (κ2) is 11.8. The second-order valence-corrected chi connectivity index (χ2v) is 7.37. The molecule has 0 saturated carbocycles. The number of nitrogens with two attached hydrogens (primary N) is 2. The van der Waals surface area contributed by atoms with E-state index in [1.807, 2.05) is 6.07 Å². The summed E-state index contributed by atoms with van der Waals surface area (Å²) in [6.45, 7) is 8.04. The first-order chi connectivity index (χ1) is 14.9. The zero-order valence-electron chi connectivity index (χ0n) is 17.7. The summed E-state index contributed by atoms with van der Waals surface area (Å²) in [5, 5.41) is 20.9. The van der Waals surface area contributed by atoms with Crippen LogP contribution in [0.1, 0.15) is 30.4 Å². The van der Waals surface area contributed by atoms with Gasteiger partial charge < -0.3 is 21.7 Å². The summed E-state index contributed by atoms with van der Waals surface area (Å²) in [5.74, 6) is -0.232. The zero-order valence-corrected chi connectivity index (χ0v) is 17.7. The van der Waals surface area contributed by atoms with E-state index in [1.54, 1.807) is 36.4 Å². The molecule has 0 bridgehead atoms. The number of phenolic OH excluding ortho intramolecular Hbond substituents is 2. The van der Waals surface area contributed by atoms with E-state index in [9.17, 15) is 15.0 Å². The molecule has 166 valence electrons. The summed E-state index contributed by atoms with van der Waals surface area (Å²) in [5.41, 5.74) is 20.0. The van der Waals surface area contributed by atoms with Gasteiger partial charge in [-0.1, -0.05) is 24.6 Å². The first kappa shape index (κ1) is 24.0. The van der Waals surface area contributed by atoms with Gasteiger partial charge in [0.25, 0.3) is 5.91 Å². The monoisotopic (exact) mass is 424 g/mol. The number of unbranched alkanes of at least 4 members (excludes halogenated alkanes) is 1. The van der Waals surface area contributed by atoms with Crippen molar-refractivity contribution < 1.29 is 15.0 Å². The van der Waals surface area contributed by atoms with E-state index in [1.165, 1.54) is 0 Å². The summed E-state index contributed by atoms with van der Waals surface area (Å²) >= 11 is 0. The van der Waals surface area contributed by atoms with Gasteiger partial charge in [-0.25, -0.2) is 0 Å². The van der Waals surface area contributed by atoms with Gasteiger partial charge in [-0.05, 0) is 73.2 Å². The first-order valence-corrected chi connectivity index (χ1v) is 10.3. The summed E-state index contributed by atoms with van der Waals surface area (Å²) < 4.78 is 0. The van der Waals surface area contributed by atoms with Crippen LogP contribution in [-0.2, 0) is 17.6 Å². The van der Waals surface area contributed by atoms with Crippen molar-refractivity contribution in [2.24, 2.45) is 11.5 Å². The second-order valence-electron chi connectivity index (χ2n) is 7.37. The third kappa shape index (κ3) is 6.60. The Hall–Kier alpha value is -3.29. The van der Waals surface area contributed by atoms with E-state index in [-0.39, 0.29) is 17.4 Å². The van der Waals surface area contributed by atoms with Gasteiger partial charge in [-0.15, -0.1) is 13.2 Å². The number of nitrogens with one attached hydrogen (secondary N) is 2. The fourth-order valence-corrected chi connectivity index (χ4v) is 3.23. The SMILES string of the molecule is C=CCc1cc(NNC(=O)C(N)CCCCN)c(O)c(-c2ccc(O)c(CC=C)c2)c1. The number of anilines is 1. The minimum absolute atomic E-state index is 0.0277. The molecule has 0 fully saturated rings. The number of hydrogen-bond acceptors (Lipinski definition) is 6. The molecule has 8 N–H and O–H groups in total. The normalized spacial score (nSPS) is 11.5. The molecule has 0 aliphatic carbocycles. The van der Waals surface area contributed by atoms with Crippen LogP contribution in [0, 0.1) is 0 Å². The number of hydrogen-bond donors (Lipinski definition) is 6. The molecular formula is C24H32N4O3. The average molecular weight is 425 g/mol. The number of amides is 1. The van der Waals surface area contributed by atoms with Gasteiger partial charge in [-0.3, -0.25) is 15.6 Å². The van der Waals surface area contributed by atoms with Gasteiger partial charge in [0.2, 0.25) is 0 Å². The van der Waals surface area contributed by atoms with Crippen LogP contribution in [0.25, 0.3) is 11.1 Å². The van der Waals surface area contributed by atoms with Crippen molar-refractivity contribution in [3.8, 4) is 22.6 Å². The van der Waals surface area contributed by atoms with Crippen molar-refractivity contribution in [3.63, 3.8) is 0 Å². The Bertz CT molecular complexity index is 927. The van der Waals surface area contributed by atoms with Gasteiger partial charge in [0, 0.05) is 5.56 Å². The van der Waals surface area contributed by atoms with Crippen LogP contribution in [-0.4, -0.2) is 28.7 Å². The minimum atomic E-state index is -0.671. The van der Waals surface area contributed by atoms with Crippen LogP contribution in [0.5, 0.6) is 11.5 Å². The molecular weight excluding hydrogens is 392 g/mol. The number of rotatable bonds is 12. The maximum Gasteiger partial charge on any atom is 0.255 e. The van der Waals surface area contributed by atoms with Crippen LogP contribution in [0.4, 0.5) is 5.69 Å². The van der Waals surface area contributed by atoms with Crippen molar-refractivity contribution in [2.75, 3.05) is 12.0 Å². The average Bonchev–Trinajstić information content (AvgIpc) is 2.75. The largest absolute Gasteiger partial charge is 0.508 e. The first-order valence-electron chi connectivity index (χ1n) is 10.3. The van der Waals surface area contributed by atoms with Crippen LogP contribution >= 0.6 is 0 Å². The lowest BCUT2D eigenvalue weighted by atomic mass is 9.96. The summed E-state index contributed by atoms with van der Waals surface area (Å²) in [7, 11) is 0. The summed E-state index contributed by atoms with van der Waals surface area (Å²) in [4.78, 5) is 12.3. The maximum absolute atomic E-state index is 12.3. The molecule has 1 atom stereocenters. The van der Waals surface area contributed by atoms with E-state index < -0.39 is 6.04 Å². The lowest BCUT2D eigenvalue weighted by Gasteiger charge is -2.17. The summed E-state index contributed by atoms with van der Waals surface area (Å²) in [6, 6.07) is 8.04. The third-order valence-electron chi connectivity index (χ3n) is 4.93. The number of phenols is 2. The highest BCUT2D eigenvalue weighted by molar-refractivity contribution is 5.84. The van der Waals surface area contributed by atoms with Gasteiger partial charge in [0.15, 0.2) is 0 Å². The molecule has 0 aliphatic rings. The Labute approximate surface area is 183 Å². The molecule has 0 radical (unpaired) electrons. The van der Waals surface area contributed by atoms with Crippen LogP contribution < -0.4 is 22.3 Å². The fraction of sp³-hybridized carbons (Fsp3) is 0.292.